The standard InChI is InChI=1S/C15H26N2O/c1-15(2)13-9-16-8-12(13)10-17(15)14(18)7-11-5-3-4-6-11/h11-13,16H,3-10H2,1-2H3. The Morgan fingerprint density at radius 2 is 2.00 bits per heavy atom. The zero-order valence-electron chi connectivity index (χ0n) is 11.7. The number of hydrogen-bond acceptors (Lipinski definition) is 2. The van der Waals surface area contributed by atoms with E-state index >= 15 is 0 Å². The molecule has 18 heavy (non-hydrogen) atoms. The van der Waals surface area contributed by atoms with Crippen LogP contribution in [-0.4, -0.2) is 36.0 Å². The highest BCUT2D eigenvalue weighted by atomic mass is 16.2. The number of likely N-dealkylation sites (tertiary alicyclic amines) is 1. The van der Waals surface area contributed by atoms with Gasteiger partial charge < -0.3 is 10.2 Å². The van der Waals surface area contributed by atoms with Crippen molar-refractivity contribution < 1.29 is 4.79 Å². The fourth-order valence-electron chi connectivity index (χ4n) is 4.42. The third kappa shape index (κ3) is 1.97. The smallest absolute Gasteiger partial charge is 0.223 e. The van der Waals surface area contributed by atoms with Gasteiger partial charge in [0.25, 0.3) is 0 Å². The minimum atomic E-state index is 0.0594. The highest BCUT2D eigenvalue weighted by molar-refractivity contribution is 5.77. The first-order chi connectivity index (χ1) is 8.59. The molecule has 3 fully saturated rings. The van der Waals surface area contributed by atoms with Crippen LogP contribution in [0.25, 0.3) is 0 Å². The molecule has 0 aromatic carbocycles. The van der Waals surface area contributed by atoms with E-state index in [2.05, 4.69) is 24.1 Å². The molecule has 2 saturated heterocycles. The van der Waals surface area contributed by atoms with E-state index in [4.69, 9.17) is 0 Å². The average Bonchev–Trinajstić information content (AvgIpc) is 2.98. The molecule has 0 radical (unpaired) electrons. The molecule has 3 aliphatic rings. The zero-order chi connectivity index (χ0) is 12.8. The Kier molecular flexibility index (Phi) is 3.13. The van der Waals surface area contributed by atoms with E-state index in [1.165, 1.54) is 25.7 Å². The van der Waals surface area contributed by atoms with Crippen molar-refractivity contribution in [2.45, 2.75) is 51.5 Å². The SMILES string of the molecule is CC1(C)C2CNCC2CN1C(=O)CC1CCCC1. The van der Waals surface area contributed by atoms with Crippen molar-refractivity contribution in [1.29, 1.82) is 0 Å². The fourth-order valence-corrected chi connectivity index (χ4v) is 4.42. The predicted molar refractivity (Wildman–Crippen MR) is 72.2 cm³/mol. The Labute approximate surface area is 110 Å². The van der Waals surface area contributed by atoms with Crippen LogP contribution in [0.3, 0.4) is 0 Å². The lowest BCUT2D eigenvalue weighted by Crippen LogP contribution is -2.48. The monoisotopic (exact) mass is 250 g/mol. The van der Waals surface area contributed by atoms with Crippen molar-refractivity contribution in [3.63, 3.8) is 0 Å². The van der Waals surface area contributed by atoms with Gasteiger partial charge in [0.1, 0.15) is 0 Å². The third-order valence-electron chi connectivity index (χ3n) is 5.60. The van der Waals surface area contributed by atoms with Gasteiger partial charge in [-0.15, -0.1) is 0 Å². The molecule has 102 valence electrons. The minimum absolute atomic E-state index is 0.0594. The van der Waals surface area contributed by atoms with Gasteiger partial charge in [-0.1, -0.05) is 12.8 Å². The van der Waals surface area contributed by atoms with Gasteiger partial charge in [0.15, 0.2) is 0 Å². The van der Waals surface area contributed by atoms with Crippen LogP contribution in [0, 0.1) is 17.8 Å². The first-order valence-electron chi connectivity index (χ1n) is 7.60. The van der Waals surface area contributed by atoms with Gasteiger partial charge in [-0.3, -0.25) is 4.79 Å². The van der Waals surface area contributed by atoms with Crippen molar-refractivity contribution >= 4 is 5.91 Å². The van der Waals surface area contributed by atoms with E-state index in [0.717, 1.165) is 26.1 Å². The average molecular weight is 250 g/mol. The fraction of sp³-hybridized carbons (Fsp3) is 0.933. The Balaban J connectivity index is 1.66. The summed E-state index contributed by atoms with van der Waals surface area (Å²) in [5.41, 5.74) is 0.0594. The van der Waals surface area contributed by atoms with Crippen LogP contribution in [0.1, 0.15) is 46.0 Å². The number of hydrogen-bond donors (Lipinski definition) is 1. The maximum atomic E-state index is 12.6. The lowest BCUT2D eigenvalue weighted by atomic mass is 9.84. The number of carbonyl (C=O) groups is 1. The summed E-state index contributed by atoms with van der Waals surface area (Å²) in [6, 6.07) is 0. The van der Waals surface area contributed by atoms with Crippen molar-refractivity contribution in [1.82, 2.24) is 10.2 Å². The predicted octanol–water partition coefficient (Wildman–Crippen LogP) is 2.02. The normalized spacial score (nSPS) is 35.1. The summed E-state index contributed by atoms with van der Waals surface area (Å²) in [7, 11) is 0. The number of nitrogens with one attached hydrogen (secondary N) is 1. The van der Waals surface area contributed by atoms with Gasteiger partial charge in [0.2, 0.25) is 5.91 Å². The molecule has 2 aliphatic heterocycles. The van der Waals surface area contributed by atoms with Crippen LogP contribution in [0.4, 0.5) is 0 Å². The van der Waals surface area contributed by atoms with Gasteiger partial charge in [0.05, 0.1) is 0 Å². The summed E-state index contributed by atoms with van der Waals surface area (Å²) in [6.45, 7) is 7.69. The lowest BCUT2D eigenvalue weighted by Gasteiger charge is -2.36. The molecule has 2 atom stereocenters. The molecule has 1 saturated carbocycles. The minimum Gasteiger partial charge on any atom is -0.337 e. The third-order valence-corrected chi connectivity index (χ3v) is 5.60. The van der Waals surface area contributed by atoms with Crippen molar-refractivity contribution in [3.05, 3.63) is 0 Å². The summed E-state index contributed by atoms with van der Waals surface area (Å²) >= 11 is 0. The van der Waals surface area contributed by atoms with E-state index < -0.39 is 0 Å². The number of fused-ring (bicyclic) bond motifs is 1. The van der Waals surface area contributed by atoms with E-state index in [-0.39, 0.29) is 5.54 Å². The highest BCUT2D eigenvalue weighted by Crippen LogP contribution is 2.41. The van der Waals surface area contributed by atoms with Crippen LogP contribution in [0.2, 0.25) is 0 Å². The largest absolute Gasteiger partial charge is 0.337 e. The van der Waals surface area contributed by atoms with Gasteiger partial charge in [-0.2, -0.15) is 0 Å². The second-order valence-electron chi connectivity index (χ2n) is 7.04. The van der Waals surface area contributed by atoms with E-state index in [9.17, 15) is 4.79 Å². The van der Waals surface area contributed by atoms with Crippen LogP contribution < -0.4 is 5.32 Å². The van der Waals surface area contributed by atoms with Crippen LogP contribution in [-0.2, 0) is 4.79 Å². The van der Waals surface area contributed by atoms with Crippen molar-refractivity contribution in [3.8, 4) is 0 Å². The second-order valence-corrected chi connectivity index (χ2v) is 7.04. The quantitative estimate of drug-likeness (QED) is 0.813. The molecule has 1 aliphatic carbocycles. The molecule has 2 unspecified atom stereocenters. The maximum absolute atomic E-state index is 12.6. The molecule has 0 spiro atoms. The van der Waals surface area contributed by atoms with Crippen LogP contribution >= 0.6 is 0 Å². The number of amides is 1. The van der Waals surface area contributed by atoms with E-state index in [1.807, 2.05) is 0 Å². The summed E-state index contributed by atoms with van der Waals surface area (Å²) in [5.74, 6) is 2.44. The Morgan fingerprint density at radius 1 is 1.28 bits per heavy atom. The molecule has 3 nitrogen and oxygen atoms in total. The summed E-state index contributed by atoms with van der Waals surface area (Å²) in [4.78, 5) is 14.7. The van der Waals surface area contributed by atoms with Crippen molar-refractivity contribution in [2.24, 2.45) is 17.8 Å². The summed E-state index contributed by atoms with van der Waals surface area (Å²) in [5, 5.41) is 3.47. The van der Waals surface area contributed by atoms with Crippen LogP contribution in [0.5, 0.6) is 0 Å². The Bertz CT molecular complexity index is 333. The second kappa shape index (κ2) is 4.52. The molecule has 1 amide bonds. The molecule has 3 rings (SSSR count). The number of rotatable bonds is 2. The molecule has 1 N–H and O–H groups in total. The lowest BCUT2D eigenvalue weighted by molar-refractivity contribution is -0.136. The molecule has 3 heteroatoms. The molecular weight excluding hydrogens is 224 g/mol. The Hall–Kier alpha value is -0.570. The summed E-state index contributed by atoms with van der Waals surface area (Å²) < 4.78 is 0. The summed E-state index contributed by atoms with van der Waals surface area (Å²) in [6.07, 6.45) is 6.01. The highest BCUT2D eigenvalue weighted by Gasteiger charge is 2.51. The van der Waals surface area contributed by atoms with Gasteiger partial charge in [0, 0.05) is 31.6 Å². The van der Waals surface area contributed by atoms with Gasteiger partial charge >= 0.3 is 0 Å². The van der Waals surface area contributed by atoms with Crippen LogP contribution in [0.15, 0.2) is 0 Å². The first kappa shape index (κ1) is 12.5. The van der Waals surface area contributed by atoms with Crippen molar-refractivity contribution in [2.75, 3.05) is 19.6 Å². The maximum Gasteiger partial charge on any atom is 0.223 e. The van der Waals surface area contributed by atoms with E-state index in [0.29, 0.717) is 23.7 Å². The number of nitrogens with zero attached hydrogens (tertiary/aromatic N) is 1. The topological polar surface area (TPSA) is 32.3 Å². The molecule has 0 aromatic rings. The first-order valence-corrected chi connectivity index (χ1v) is 7.60. The number of carbonyl (C=O) groups excluding carboxylic acids is 1. The molecule has 0 aromatic heterocycles. The van der Waals surface area contributed by atoms with E-state index in [1.54, 1.807) is 0 Å². The molecular formula is C15H26N2O. The zero-order valence-corrected chi connectivity index (χ0v) is 11.7. The van der Waals surface area contributed by atoms with Gasteiger partial charge in [-0.05, 0) is 44.4 Å². The Morgan fingerprint density at radius 3 is 2.67 bits per heavy atom. The van der Waals surface area contributed by atoms with Gasteiger partial charge in [-0.25, -0.2) is 0 Å². The molecule has 2 heterocycles. The molecule has 0 bridgehead atoms.